The molecule has 0 saturated carbocycles. The van der Waals surface area contributed by atoms with E-state index in [4.69, 9.17) is 16.2 Å². The van der Waals surface area contributed by atoms with E-state index in [1.54, 1.807) is 42.5 Å². The number of non-ortho nitro benzene ring substituents is 1. The van der Waals surface area contributed by atoms with Gasteiger partial charge in [0, 0.05) is 48.7 Å². The van der Waals surface area contributed by atoms with Crippen LogP contribution in [0.25, 0.3) is 0 Å². The average molecular weight is 517 g/mol. The standard InChI is InChI=1S/C26H24N6O6/c27-24(28)19-3-1-2-4-20(19)25(35)29-16-5-10-22-21(15-16)26(36)30(12-11-23(33)34)13-14-31(22)17-6-8-18(9-7-17)32(37)38/h1-10,15H,11-14H2,(H3,27,28)(H,29,35)(H,33,34). The van der Waals surface area contributed by atoms with Crippen molar-refractivity contribution in [2.24, 2.45) is 5.73 Å². The number of benzene rings is 3. The zero-order valence-electron chi connectivity index (χ0n) is 20.1. The molecule has 1 heterocycles. The second kappa shape index (κ2) is 10.8. The molecule has 2 amide bonds. The molecule has 1 aliphatic heterocycles. The molecule has 0 aromatic heterocycles. The Morgan fingerprint density at radius 3 is 2.37 bits per heavy atom. The van der Waals surface area contributed by atoms with E-state index in [9.17, 15) is 24.5 Å². The lowest BCUT2D eigenvalue weighted by Gasteiger charge is -2.25. The van der Waals surface area contributed by atoms with E-state index in [0.717, 1.165) is 0 Å². The zero-order chi connectivity index (χ0) is 27.4. The molecule has 1 aliphatic rings. The van der Waals surface area contributed by atoms with E-state index in [1.165, 1.54) is 29.2 Å². The molecule has 0 saturated heterocycles. The van der Waals surface area contributed by atoms with Crippen molar-refractivity contribution in [2.45, 2.75) is 6.42 Å². The number of nitrogen functional groups attached to an aromatic ring is 1. The highest BCUT2D eigenvalue weighted by Crippen LogP contribution is 2.34. The number of nitro benzene ring substituents is 1. The van der Waals surface area contributed by atoms with Crippen molar-refractivity contribution < 1.29 is 24.4 Å². The SMILES string of the molecule is N=C(N)c1ccccc1C(=O)Nc1ccc2c(c1)C(=O)N(CCC(=O)O)CCN2c1ccc([N+](=O)[O-])cc1. The Kier molecular flexibility index (Phi) is 7.33. The van der Waals surface area contributed by atoms with Crippen LogP contribution >= 0.6 is 0 Å². The number of amides is 2. The molecule has 0 bridgehead atoms. The van der Waals surface area contributed by atoms with Gasteiger partial charge >= 0.3 is 5.97 Å². The molecule has 12 heteroatoms. The van der Waals surface area contributed by atoms with Crippen molar-refractivity contribution in [1.29, 1.82) is 5.41 Å². The van der Waals surface area contributed by atoms with Crippen LogP contribution in [-0.2, 0) is 4.79 Å². The van der Waals surface area contributed by atoms with E-state index in [0.29, 0.717) is 23.6 Å². The largest absolute Gasteiger partial charge is 0.481 e. The first-order valence-electron chi connectivity index (χ1n) is 11.6. The summed E-state index contributed by atoms with van der Waals surface area (Å²) in [6.07, 6.45) is -0.239. The fourth-order valence-corrected chi connectivity index (χ4v) is 4.21. The third-order valence-corrected chi connectivity index (χ3v) is 6.09. The Morgan fingerprint density at radius 2 is 1.74 bits per heavy atom. The van der Waals surface area contributed by atoms with Crippen LogP contribution in [-0.4, -0.2) is 58.2 Å². The summed E-state index contributed by atoms with van der Waals surface area (Å²) in [5, 5.41) is 30.7. The molecule has 3 aromatic carbocycles. The van der Waals surface area contributed by atoms with E-state index in [2.05, 4.69) is 5.32 Å². The Labute approximate surface area is 216 Å². The maximum absolute atomic E-state index is 13.5. The Balaban J connectivity index is 1.71. The minimum absolute atomic E-state index is 0.00964. The summed E-state index contributed by atoms with van der Waals surface area (Å²) in [5.41, 5.74) is 7.63. The predicted octanol–water partition coefficient (Wildman–Crippen LogP) is 3.20. The number of carbonyl (C=O) groups excluding carboxylic acids is 2. The highest BCUT2D eigenvalue weighted by Gasteiger charge is 2.28. The van der Waals surface area contributed by atoms with Gasteiger partial charge < -0.3 is 26.0 Å². The van der Waals surface area contributed by atoms with Crippen LogP contribution in [0.4, 0.5) is 22.7 Å². The summed E-state index contributed by atoms with van der Waals surface area (Å²) in [5.74, 6) is -2.24. The summed E-state index contributed by atoms with van der Waals surface area (Å²) in [6.45, 7) is 0.517. The van der Waals surface area contributed by atoms with Gasteiger partial charge in [-0.1, -0.05) is 18.2 Å². The number of hydrogen-bond donors (Lipinski definition) is 4. The van der Waals surface area contributed by atoms with Crippen molar-refractivity contribution in [3.8, 4) is 0 Å². The molecule has 38 heavy (non-hydrogen) atoms. The number of nitrogens with zero attached hydrogens (tertiary/aromatic N) is 3. The van der Waals surface area contributed by atoms with Crippen LogP contribution in [0, 0.1) is 15.5 Å². The van der Waals surface area contributed by atoms with Gasteiger partial charge in [0.1, 0.15) is 5.84 Å². The quantitative estimate of drug-likeness (QED) is 0.152. The predicted molar refractivity (Wildman–Crippen MR) is 140 cm³/mol. The van der Waals surface area contributed by atoms with Gasteiger partial charge in [-0.15, -0.1) is 0 Å². The fraction of sp³-hybridized carbons (Fsp3) is 0.154. The molecular weight excluding hydrogens is 492 g/mol. The minimum atomic E-state index is -1.04. The molecule has 12 nitrogen and oxygen atoms in total. The highest BCUT2D eigenvalue weighted by molar-refractivity contribution is 6.13. The summed E-state index contributed by atoms with van der Waals surface area (Å²) in [4.78, 5) is 51.4. The number of amidine groups is 1. The van der Waals surface area contributed by atoms with E-state index in [-0.39, 0.29) is 47.7 Å². The van der Waals surface area contributed by atoms with Crippen molar-refractivity contribution in [2.75, 3.05) is 29.9 Å². The van der Waals surface area contributed by atoms with Crippen LogP contribution in [0.15, 0.2) is 66.7 Å². The van der Waals surface area contributed by atoms with Crippen LogP contribution in [0.1, 0.15) is 32.7 Å². The Hall–Kier alpha value is -5.26. The number of nitro groups is 1. The molecule has 0 unspecified atom stereocenters. The van der Waals surface area contributed by atoms with Crippen molar-refractivity contribution in [3.05, 3.63) is 93.5 Å². The highest BCUT2D eigenvalue weighted by atomic mass is 16.6. The molecular formula is C26H24N6O6. The van der Waals surface area contributed by atoms with Gasteiger partial charge in [-0.05, 0) is 36.4 Å². The molecule has 0 fully saturated rings. The van der Waals surface area contributed by atoms with Gasteiger partial charge in [0.25, 0.3) is 17.5 Å². The minimum Gasteiger partial charge on any atom is -0.481 e. The number of aliphatic carboxylic acids is 1. The molecule has 194 valence electrons. The number of fused-ring (bicyclic) bond motifs is 1. The molecule has 0 radical (unpaired) electrons. The second-order valence-electron chi connectivity index (χ2n) is 8.51. The normalized spacial score (nSPS) is 12.9. The van der Waals surface area contributed by atoms with E-state index < -0.39 is 22.7 Å². The first-order valence-corrected chi connectivity index (χ1v) is 11.6. The van der Waals surface area contributed by atoms with E-state index in [1.807, 2.05) is 4.90 Å². The van der Waals surface area contributed by atoms with Crippen LogP contribution in [0.2, 0.25) is 0 Å². The Bertz CT molecular complexity index is 1440. The summed E-state index contributed by atoms with van der Waals surface area (Å²) < 4.78 is 0. The first kappa shape index (κ1) is 25.8. The molecule has 5 N–H and O–H groups in total. The third-order valence-electron chi connectivity index (χ3n) is 6.09. The number of nitrogens with one attached hydrogen (secondary N) is 2. The van der Waals surface area contributed by atoms with Crippen LogP contribution < -0.4 is 16.0 Å². The number of anilines is 3. The maximum Gasteiger partial charge on any atom is 0.305 e. The number of nitrogens with two attached hydrogens (primary N) is 1. The molecule has 0 spiro atoms. The second-order valence-corrected chi connectivity index (χ2v) is 8.51. The van der Waals surface area contributed by atoms with Crippen LogP contribution in [0.5, 0.6) is 0 Å². The van der Waals surface area contributed by atoms with Crippen molar-refractivity contribution in [1.82, 2.24) is 4.90 Å². The Morgan fingerprint density at radius 1 is 1.05 bits per heavy atom. The maximum atomic E-state index is 13.5. The van der Waals surface area contributed by atoms with Gasteiger partial charge in [-0.25, -0.2) is 0 Å². The zero-order valence-corrected chi connectivity index (χ0v) is 20.1. The number of hydrogen-bond acceptors (Lipinski definition) is 7. The van der Waals surface area contributed by atoms with Crippen molar-refractivity contribution in [3.63, 3.8) is 0 Å². The lowest BCUT2D eigenvalue weighted by atomic mass is 10.1. The topological polar surface area (TPSA) is 183 Å². The summed E-state index contributed by atoms with van der Waals surface area (Å²) in [7, 11) is 0. The lowest BCUT2D eigenvalue weighted by Crippen LogP contribution is -2.35. The summed E-state index contributed by atoms with van der Waals surface area (Å²) >= 11 is 0. The number of carboxylic acid groups (broad SMARTS) is 1. The van der Waals surface area contributed by atoms with Gasteiger partial charge in [-0.3, -0.25) is 29.9 Å². The fourth-order valence-electron chi connectivity index (χ4n) is 4.21. The molecule has 3 aromatic rings. The van der Waals surface area contributed by atoms with Gasteiger partial charge in [0.05, 0.1) is 28.2 Å². The number of rotatable bonds is 8. The summed E-state index contributed by atoms with van der Waals surface area (Å²) in [6, 6.07) is 17.1. The van der Waals surface area contributed by atoms with Gasteiger partial charge in [0.2, 0.25) is 0 Å². The van der Waals surface area contributed by atoms with Gasteiger partial charge in [0.15, 0.2) is 0 Å². The number of carbonyl (C=O) groups is 3. The van der Waals surface area contributed by atoms with Crippen molar-refractivity contribution >= 4 is 46.4 Å². The van der Waals surface area contributed by atoms with Gasteiger partial charge in [-0.2, -0.15) is 0 Å². The monoisotopic (exact) mass is 516 g/mol. The van der Waals surface area contributed by atoms with Crippen LogP contribution in [0.3, 0.4) is 0 Å². The number of carboxylic acids is 1. The molecule has 0 aliphatic carbocycles. The lowest BCUT2D eigenvalue weighted by molar-refractivity contribution is -0.384. The third kappa shape index (κ3) is 5.43. The average Bonchev–Trinajstić information content (AvgIpc) is 3.03. The molecule has 4 rings (SSSR count). The first-order chi connectivity index (χ1) is 18.2. The van der Waals surface area contributed by atoms with E-state index >= 15 is 0 Å². The smallest absolute Gasteiger partial charge is 0.305 e. The molecule has 0 atom stereocenters.